The molecule has 1 atom stereocenters. The Kier molecular flexibility index (Phi) is 8.05. The normalized spacial score (nSPS) is 14.5. The Hall–Kier alpha value is -4.41. The van der Waals surface area contributed by atoms with Gasteiger partial charge in [0.05, 0.1) is 22.6 Å². The molecule has 2 N–H and O–H groups in total. The van der Waals surface area contributed by atoms with Crippen LogP contribution in [0, 0.1) is 0 Å². The summed E-state index contributed by atoms with van der Waals surface area (Å²) in [4.78, 5) is 40.1. The summed E-state index contributed by atoms with van der Waals surface area (Å²) in [5.41, 5.74) is 3.77. The lowest BCUT2D eigenvalue weighted by Gasteiger charge is -2.28. The minimum absolute atomic E-state index is 0.00347. The standard InChI is InChI=1S/C29H27BN4O5/c35-27(15-22-14-20-6-5-9-26(29(36)37)28(20)39-30(22)38)21-10-11-25(33-16-21)19-34(17-23-7-1-3-12-31-23)18-24-8-2-4-13-32-24/h1-13,16,22,38H,14-15,17-19H2,(H,36,37)/t22-/m0/s1. The monoisotopic (exact) mass is 522 g/mol. The number of fused-ring (bicyclic) bond motifs is 1. The number of carbonyl (C=O) groups is 2. The van der Waals surface area contributed by atoms with E-state index in [1.807, 2.05) is 42.5 Å². The van der Waals surface area contributed by atoms with Gasteiger partial charge in [-0.15, -0.1) is 0 Å². The van der Waals surface area contributed by atoms with E-state index >= 15 is 0 Å². The fraction of sp³-hybridized carbons (Fsp3) is 0.207. The largest absolute Gasteiger partial charge is 0.535 e. The maximum absolute atomic E-state index is 13.0. The van der Waals surface area contributed by atoms with E-state index in [0.29, 0.717) is 37.2 Å². The maximum atomic E-state index is 13.0. The molecule has 0 radical (unpaired) electrons. The average Bonchev–Trinajstić information content (AvgIpc) is 2.94. The number of pyridine rings is 3. The van der Waals surface area contributed by atoms with Crippen molar-refractivity contribution in [2.24, 2.45) is 0 Å². The molecule has 0 spiro atoms. The second-order valence-corrected chi connectivity index (χ2v) is 9.52. The third-order valence-corrected chi connectivity index (χ3v) is 6.65. The summed E-state index contributed by atoms with van der Waals surface area (Å²) in [6.45, 7) is 1.77. The predicted octanol–water partition coefficient (Wildman–Crippen LogP) is 3.83. The Labute approximate surface area is 226 Å². The molecule has 9 nitrogen and oxygen atoms in total. The summed E-state index contributed by atoms with van der Waals surface area (Å²) < 4.78 is 5.53. The quantitative estimate of drug-likeness (QED) is 0.236. The molecule has 4 aromatic rings. The summed E-state index contributed by atoms with van der Waals surface area (Å²) in [7, 11) is -1.28. The van der Waals surface area contributed by atoms with E-state index in [0.717, 1.165) is 17.1 Å². The van der Waals surface area contributed by atoms with Crippen LogP contribution in [0.2, 0.25) is 5.82 Å². The zero-order chi connectivity index (χ0) is 27.2. The van der Waals surface area contributed by atoms with Crippen LogP contribution in [-0.4, -0.2) is 48.9 Å². The number of para-hydroxylation sites is 1. The molecule has 0 saturated carbocycles. The number of nitrogens with zero attached hydrogens (tertiary/aromatic N) is 4. The molecular weight excluding hydrogens is 495 g/mol. The Bertz CT molecular complexity index is 1400. The van der Waals surface area contributed by atoms with Crippen LogP contribution in [0.15, 0.2) is 85.3 Å². The van der Waals surface area contributed by atoms with Crippen LogP contribution in [0.3, 0.4) is 0 Å². The highest BCUT2D eigenvalue weighted by molar-refractivity contribution is 6.47. The number of carboxylic acids is 1. The Morgan fingerprint density at radius 3 is 2.10 bits per heavy atom. The Balaban J connectivity index is 1.25. The second kappa shape index (κ2) is 12.0. The van der Waals surface area contributed by atoms with E-state index in [1.165, 1.54) is 6.07 Å². The lowest BCUT2D eigenvalue weighted by Crippen LogP contribution is -2.35. The van der Waals surface area contributed by atoms with Gasteiger partial charge in [-0.05, 0) is 54.4 Å². The van der Waals surface area contributed by atoms with Crippen molar-refractivity contribution in [3.8, 4) is 5.75 Å². The van der Waals surface area contributed by atoms with Gasteiger partial charge in [-0.2, -0.15) is 0 Å². The highest BCUT2D eigenvalue weighted by Crippen LogP contribution is 2.36. The van der Waals surface area contributed by atoms with Gasteiger partial charge in [0.1, 0.15) is 5.75 Å². The number of carboxylic acid groups (broad SMARTS) is 1. The van der Waals surface area contributed by atoms with E-state index in [4.69, 9.17) is 4.65 Å². The van der Waals surface area contributed by atoms with E-state index in [9.17, 15) is 19.7 Å². The van der Waals surface area contributed by atoms with Crippen LogP contribution in [-0.2, 0) is 26.1 Å². The molecular formula is C29H27BN4O5. The summed E-state index contributed by atoms with van der Waals surface area (Å²) in [5, 5.41) is 19.9. The van der Waals surface area contributed by atoms with Crippen molar-refractivity contribution in [2.45, 2.75) is 38.3 Å². The molecule has 10 heteroatoms. The molecule has 1 aromatic carbocycles. The van der Waals surface area contributed by atoms with Crippen molar-refractivity contribution in [2.75, 3.05) is 0 Å². The molecule has 39 heavy (non-hydrogen) atoms. The smallest absolute Gasteiger partial charge is 0.526 e. The third kappa shape index (κ3) is 6.54. The van der Waals surface area contributed by atoms with Gasteiger partial charge in [0.25, 0.3) is 0 Å². The van der Waals surface area contributed by atoms with E-state index < -0.39 is 18.9 Å². The molecule has 196 valence electrons. The number of hydrogen-bond acceptors (Lipinski definition) is 8. The summed E-state index contributed by atoms with van der Waals surface area (Å²) >= 11 is 0. The van der Waals surface area contributed by atoms with Crippen LogP contribution in [0.25, 0.3) is 0 Å². The number of benzene rings is 1. The highest BCUT2D eigenvalue weighted by atomic mass is 16.5. The van der Waals surface area contributed by atoms with Crippen LogP contribution in [0.5, 0.6) is 5.75 Å². The molecule has 0 bridgehead atoms. The molecule has 1 aliphatic heterocycles. The van der Waals surface area contributed by atoms with Crippen molar-refractivity contribution < 1.29 is 24.4 Å². The second-order valence-electron chi connectivity index (χ2n) is 9.52. The Morgan fingerprint density at radius 2 is 1.54 bits per heavy atom. The molecule has 1 aliphatic rings. The van der Waals surface area contributed by atoms with Gasteiger partial charge in [-0.3, -0.25) is 24.6 Å². The molecule has 0 amide bonds. The van der Waals surface area contributed by atoms with Crippen LogP contribution >= 0.6 is 0 Å². The van der Waals surface area contributed by atoms with E-state index in [-0.39, 0.29) is 23.5 Å². The number of Topliss-reactive ketones (excluding diaryl/α,β-unsaturated/α-hetero) is 1. The van der Waals surface area contributed by atoms with Crippen LogP contribution in [0.1, 0.15) is 49.8 Å². The highest BCUT2D eigenvalue weighted by Gasteiger charge is 2.38. The predicted molar refractivity (Wildman–Crippen MR) is 144 cm³/mol. The van der Waals surface area contributed by atoms with Crippen molar-refractivity contribution in [1.82, 2.24) is 19.9 Å². The maximum Gasteiger partial charge on any atom is 0.526 e. The zero-order valence-corrected chi connectivity index (χ0v) is 21.2. The number of aromatic carboxylic acids is 1. The Morgan fingerprint density at radius 1 is 0.872 bits per heavy atom. The number of aromatic nitrogens is 3. The third-order valence-electron chi connectivity index (χ3n) is 6.65. The van der Waals surface area contributed by atoms with Crippen molar-refractivity contribution in [3.63, 3.8) is 0 Å². The van der Waals surface area contributed by atoms with E-state index in [2.05, 4.69) is 19.9 Å². The topological polar surface area (TPSA) is 126 Å². The first-order chi connectivity index (χ1) is 19.0. The van der Waals surface area contributed by atoms with Crippen molar-refractivity contribution in [1.29, 1.82) is 0 Å². The summed E-state index contributed by atoms with van der Waals surface area (Å²) in [6.07, 6.45) is 5.48. The average molecular weight is 522 g/mol. The van der Waals surface area contributed by atoms with Gasteiger partial charge in [-0.1, -0.05) is 24.3 Å². The number of hydrogen-bond donors (Lipinski definition) is 2. The molecule has 4 heterocycles. The molecule has 3 aromatic heterocycles. The number of carbonyl (C=O) groups excluding carboxylic acids is 1. The summed E-state index contributed by atoms with van der Waals surface area (Å²) in [5.74, 6) is -1.63. The van der Waals surface area contributed by atoms with Gasteiger partial charge in [0, 0.05) is 56.0 Å². The van der Waals surface area contributed by atoms with Gasteiger partial charge in [-0.25, -0.2) is 4.79 Å². The van der Waals surface area contributed by atoms with Gasteiger partial charge < -0.3 is 14.8 Å². The lowest BCUT2D eigenvalue weighted by atomic mass is 9.64. The molecule has 0 saturated heterocycles. The minimum atomic E-state index is -1.28. The molecule has 0 aliphatic carbocycles. The first kappa shape index (κ1) is 26.2. The van der Waals surface area contributed by atoms with Gasteiger partial charge in [0.15, 0.2) is 5.78 Å². The van der Waals surface area contributed by atoms with Crippen molar-refractivity contribution >= 4 is 18.9 Å². The molecule has 5 rings (SSSR count). The number of rotatable bonds is 10. The molecule has 0 fully saturated rings. The molecule has 0 unspecified atom stereocenters. The first-order valence-electron chi connectivity index (χ1n) is 12.7. The SMILES string of the molecule is O=C(C[C@@H]1Cc2cccc(C(=O)O)c2OB1O)c1ccc(CN(Cc2ccccn2)Cc2ccccn2)nc1. The minimum Gasteiger partial charge on any atom is -0.535 e. The van der Waals surface area contributed by atoms with Crippen LogP contribution < -0.4 is 4.65 Å². The van der Waals surface area contributed by atoms with Crippen LogP contribution in [0.4, 0.5) is 0 Å². The van der Waals surface area contributed by atoms with Gasteiger partial charge >= 0.3 is 13.1 Å². The lowest BCUT2D eigenvalue weighted by molar-refractivity contribution is 0.0693. The fourth-order valence-corrected chi connectivity index (χ4v) is 4.70. The number of ketones is 1. The zero-order valence-electron chi connectivity index (χ0n) is 21.2. The van der Waals surface area contributed by atoms with Gasteiger partial charge in [0.2, 0.25) is 0 Å². The summed E-state index contributed by atoms with van der Waals surface area (Å²) in [6, 6.07) is 20.0. The van der Waals surface area contributed by atoms with Crippen molar-refractivity contribution in [3.05, 3.63) is 119 Å². The van der Waals surface area contributed by atoms with E-state index in [1.54, 1.807) is 36.8 Å². The fourth-order valence-electron chi connectivity index (χ4n) is 4.70. The first-order valence-corrected chi connectivity index (χ1v) is 12.7.